The van der Waals surface area contributed by atoms with Crippen LogP contribution >= 0.6 is 11.8 Å². The zero-order valence-corrected chi connectivity index (χ0v) is 14.3. The summed E-state index contributed by atoms with van der Waals surface area (Å²) < 4.78 is 0. The third kappa shape index (κ3) is 6.14. The first-order valence-electron chi connectivity index (χ1n) is 7.42. The molecule has 1 aromatic rings. The highest BCUT2D eigenvalue weighted by atomic mass is 32.2. The molecule has 0 aromatic carbocycles. The molecule has 0 saturated heterocycles. The van der Waals surface area contributed by atoms with E-state index >= 15 is 0 Å². The van der Waals surface area contributed by atoms with Crippen molar-refractivity contribution in [1.82, 2.24) is 10.3 Å². The van der Waals surface area contributed by atoms with Crippen molar-refractivity contribution in [3.8, 4) is 0 Å². The Balaban J connectivity index is 2.57. The smallest absolute Gasteiger partial charge is 0.128 e. The minimum absolute atomic E-state index is 0.522. The van der Waals surface area contributed by atoms with E-state index in [1.807, 2.05) is 18.0 Å². The Hall–Kier alpha value is -0.740. The van der Waals surface area contributed by atoms with Crippen LogP contribution in [0.3, 0.4) is 0 Å². The van der Waals surface area contributed by atoms with Gasteiger partial charge in [0.2, 0.25) is 0 Å². The van der Waals surface area contributed by atoms with Gasteiger partial charge in [0, 0.05) is 25.8 Å². The van der Waals surface area contributed by atoms with Crippen molar-refractivity contribution in [1.29, 1.82) is 0 Å². The topological polar surface area (TPSA) is 28.2 Å². The van der Waals surface area contributed by atoms with Gasteiger partial charge in [-0.15, -0.1) is 0 Å². The zero-order valence-electron chi connectivity index (χ0n) is 13.5. The van der Waals surface area contributed by atoms with Gasteiger partial charge in [-0.25, -0.2) is 4.98 Å². The highest BCUT2D eigenvalue weighted by Gasteiger charge is 2.11. The van der Waals surface area contributed by atoms with Crippen LogP contribution in [0.5, 0.6) is 0 Å². The standard InChI is InChI=1S/C16H29N3S/c1-13(2)11-17-12-15-6-8-18-16(10-15)19(4)14(3)7-9-20-5/h6,8,10,13-14,17H,7,9,11-12H2,1-5H3. The van der Waals surface area contributed by atoms with Gasteiger partial charge in [-0.2, -0.15) is 11.8 Å². The second-order valence-electron chi connectivity index (χ2n) is 5.79. The van der Waals surface area contributed by atoms with E-state index in [4.69, 9.17) is 0 Å². The molecule has 1 unspecified atom stereocenters. The number of aromatic nitrogens is 1. The lowest BCUT2D eigenvalue weighted by atomic mass is 10.2. The first-order chi connectivity index (χ1) is 9.54. The van der Waals surface area contributed by atoms with Crippen LogP contribution in [0.4, 0.5) is 5.82 Å². The van der Waals surface area contributed by atoms with Crippen molar-refractivity contribution >= 4 is 17.6 Å². The van der Waals surface area contributed by atoms with Gasteiger partial charge in [0.25, 0.3) is 0 Å². The van der Waals surface area contributed by atoms with Gasteiger partial charge >= 0.3 is 0 Å². The van der Waals surface area contributed by atoms with Crippen LogP contribution in [0.25, 0.3) is 0 Å². The first kappa shape index (κ1) is 17.3. The highest BCUT2D eigenvalue weighted by Crippen LogP contribution is 2.16. The molecule has 1 aromatic heterocycles. The summed E-state index contributed by atoms with van der Waals surface area (Å²) in [6.07, 6.45) is 5.26. The molecule has 1 rings (SSSR count). The van der Waals surface area contributed by atoms with Crippen LogP contribution in [0.2, 0.25) is 0 Å². The zero-order chi connectivity index (χ0) is 15.0. The summed E-state index contributed by atoms with van der Waals surface area (Å²) in [6, 6.07) is 4.81. The fourth-order valence-corrected chi connectivity index (χ4v) is 2.55. The molecule has 0 amide bonds. The highest BCUT2D eigenvalue weighted by molar-refractivity contribution is 7.98. The fraction of sp³-hybridized carbons (Fsp3) is 0.688. The van der Waals surface area contributed by atoms with Gasteiger partial charge in [0.1, 0.15) is 5.82 Å². The Morgan fingerprint density at radius 1 is 1.35 bits per heavy atom. The lowest BCUT2D eigenvalue weighted by Gasteiger charge is -2.26. The van der Waals surface area contributed by atoms with E-state index in [0.29, 0.717) is 12.0 Å². The Kier molecular flexibility index (Phi) is 8.00. The number of hydrogen-bond donors (Lipinski definition) is 1. The van der Waals surface area contributed by atoms with Crippen molar-refractivity contribution in [2.45, 2.75) is 39.8 Å². The second kappa shape index (κ2) is 9.24. The molecule has 0 fully saturated rings. The molecule has 1 heterocycles. The minimum atomic E-state index is 0.522. The van der Waals surface area contributed by atoms with Crippen molar-refractivity contribution in [2.24, 2.45) is 5.92 Å². The SMILES string of the molecule is CSCCC(C)N(C)c1cc(CNCC(C)C)ccn1. The summed E-state index contributed by atoms with van der Waals surface area (Å²) >= 11 is 1.90. The number of nitrogens with one attached hydrogen (secondary N) is 1. The fourth-order valence-electron chi connectivity index (χ4n) is 1.98. The molecule has 1 atom stereocenters. The molecule has 0 radical (unpaired) electrons. The molecule has 114 valence electrons. The van der Waals surface area contributed by atoms with Gasteiger partial charge in [-0.05, 0) is 55.5 Å². The Labute approximate surface area is 128 Å². The quantitative estimate of drug-likeness (QED) is 0.756. The number of thioether (sulfide) groups is 1. The maximum atomic E-state index is 4.50. The molecule has 1 N–H and O–H groups in total. The maximum Gasteiger partial charge on any atom is 0.128 e. The predicted molar refractivity (Wildman–Crippen MR) is 91.6 cm³/mol. The molecular formula is C16H29N3S. The van der Waals surface area contributed by atoms with E-state index in [9.17, 15) is 0 Å². The summed E-state index contributed by atoms with van der Waals surface area (Å²) in [6.45, 7) is 8.69. The Morgan fingerprint density at radius 2 is 2.10 bits per heavy atom. The van der Waals surface area contributed by atoms with E-state index in [1.54, 1.807) is 0 Å². The summed E-state index contributed by atoms with van der Waals surface area (Å²) in [7, 11) is 2.14. The van der Waals surface area contributed by atoms with Crippen LogP contribution in [0.1, 0.15) is 32.8 Å². The lowest BCUT2D eigenvalue weighted by Crippen LogP contribution is -2.30. The van der Waals surface area contributed by atoms with Crippen LogP contribution in [0, 0.1) is 5.92 Å². The molecule has 3 nitrogen and oxygen atoms in total. The normalized spacial score (nSPS) is 12.7. The van der Waals surface area contributed by atoms with Gasteiger partial charge in [0.15, 0.2) is 0 Å². The van der Waals surface area contributed by atoms with Crippen molar-refractivity contribution in [3.05, 3.63) is 23.9 Å². The van der Waals surface area contributed by atoms with Gasteiger partial charge in [-0.1, -0.05) is 13.8 Å². The molecule has 0 aliphatic rings. The van der Waals surface area contributed by atoms with E-state index in [1.165, 1.54) is 17.7 Å². The van der Waals surface area contributed by atoms with Crippen LogP contribution in [0.15, 0.2) is 18.3 Å². The summed E-state index contributed by atoms with van der Waals surface area (Å²) in [5, 5.41) is 3.48. The van der Waals surface area contributed by atoms with E-state index < -0.39 is 0 Å². The molecule has 0 aliphatic carbocycles. The minimum Gasteiger partial charge on any atom is -0.357 e. The number of hydrogen-bond acceptors (Lipinski definition) is 4. The predicted octanol–water partition coefficient (Wildman–Crippen LogP) is 3.41. The van der Waals surface area contributed by atoms with Crippen LogP contribution in [-0.4, -0.2) is 36.6 Å². The second-order valence-corrected chi connectivity index (χ2v) is 6.77. The number of rotatable bonds is 9. The molecule has 0 spiro atoms. The van der Waals surface area contributed by atoms with Crippen molar-refractivity contribution in [2.75, 3.05) is 30.5 Å². The van der Waals surface area contributed by atoms with Gasteiger partial charge < -0.3 is 10.2 Å². The number of anilines is 1. The Morgan fingerprint density at radius 3 is 2.75 bits per heavy atom. The third-order valence-corrected chi connectivity index (χ3v) is 4.10. The van der Waals surface area contributed by atoms with Gasteiger partial charge in [0.05, 0.1) is 0 Å². The number of pyridine rings is 1. The molecule has 0 aliphatic heterocycles. The largest absolute Gasteiger partial charge is 0.357 e. The van der Waals surface area contributed by atoms with Crippen molar-refractivity contribution in [3.63, 3.8) is 0 Å². The molecule has 0 bridgehead atoms. The monoisotopic (exact) mass is 295 g/mol. The maximum absolute atomic E-state index is 4.50. The summed E-state index contributed by atoms with van der Waals surface area (Å²) in [5.41, 5.74) is 1.31. The third-order valence-electron chi connectivity index (χ3n) is 3.45. The van der Waals surface area contributed by atoms with Crippen LogP contribution in [-0.2, 0) is 6.54 Å². The first-order valence-corrected chi connectivity index (χ1v) is 8.81. The van der Waals surface area contributed by atoms with E-state index in [0.717, 1.165) is 18.9 Å². The van der Waals surface area contributed by atoms with E-state index in [-0.39, 0.29) is 0 Å². The summed E-state index contributed by atoms with van der Waals surface area (Å²) in [4.78, 5) is 6.78. The average Bonchev–Trinajstić information content (AvgIpc) is 2.44. The molecule has 20 heavy (non-hydrogen) atoms. The Bertz CT molecular complexity index is 382. The molecule has 0 saturated carbocycles. The van der Waals surface area contributed by atoms with Crippen molar-refractivity contribution < 1.29 is 0 Å². The van der Waals surface area contributed by atoms with Gasteiger partial charge in [-0.3, -0.25) is 0 Å². The molecular weight excluding hydrogens is 266 g/mol. The molecule has 4 heteroatoms. The average molecular weight is 295 g/mol. The van der Waals surface area contributed by atoms with E-state index in [2.05, 4.69) is 61.4 Å². The van der Waals surface area contributed by atoms with Crippen LogP contribution < -0.4 is 10.2 Å². The summed E-state index contributed by atoms with van der Waals surface area (Å²) in [5.74, 6) is 2.95. The lowest BCUT2D eigenvalue weighted by molar-refractivity contribution is 0.552. The number of nitrogens with zero attached hydrogens (tertiary/aromatic N) is 2.